The first-order chi connectivity index (χ1) is 9.63. The molecule has 0 bridgehead atoms. The number of aryl methyl sites for hydroxylation is 1. The fraction of sp³-hybridized carbons (Fsp3) is 0.133. The lowest BCUT2D eigenvalue weighted by Gasteiger charge is -2.02. The Balaban J connectivity index is 1.99. The molecule has 0 aliphatic rings. The quantitative estimate of drug-likeness (QED) is 0.598. The molecule has 0 aliphatic carbocycles. The zero-order valence-corrected chi connectivity index (χ0v) is 11.7. The van der Waals surface area contributed by atoms with Gasteiger partial charge in [0.25, 0.3) is 5.24 Å². The summed E-state index contributed by atoms with van der Waals surface area (Å²) in [6, 6.07) is 14.7. The number of carbonyl (C=O) groups is 1. The van der Waals surface area contributed by atoms with Gasteiger partial charge >= 0.3 is 0 Å². The summed E-state index contributed by atoms with van der Waals surface area (Å²) in [5, 5.41) is 7.72. The van der Waals surface area contributed by atoms with Crippen molar-refractivity contribution < 1.29 is 9.53 Å². The van der Waals surface area contributed by atoms with E-state index in [0.29, 0.717) is 11.4 Å². The standard InChI is InChI=1S/C15H13ClN2O2/c1-11-2-4-12(5-3-11)17-18-13-6-8-14(9-7-13)20-10-15(16)19/h2-9H,10H2,1H3/b18-17+. The van der Waals surface area contributed by atoms with Crippen LogP contribution in [0.5, 0.6) is 5.75 Å². The molecule has 5 heteroatoms. The number of nitrogens with zero attached hydrogens (tertiary/aromatic N) is 2. The van der Waals surface area contributed by atoms with Gasteiger partial charge in [0.2, 0.25) is 0 Å². The minimum absolute atomic E-state index is 0.147. The van der Waals surface area contributed by atoms with Crippen LogP contribution in [0, 0.1) is 6.92 Å². The van der Waals surface area contributed by atoms with E-state index in [1.807, 2.05) is 31.2 Å². The summed E-state index contributed by atoms with van der Waals surface area (Å²) in [7, 11) is 0. The first-order valence-corrected chi connectivity index (χ1v) is 6.41. The molecule has 0 aromatic heterocycles. The highest BCUT2D eigenvalue weighted by Crippen LogP contribution is 2.21. The lowest BCUT2D eigenvalue weighted by molar-refractivity contribution is -0.113. The van der Waals surface area contributed by atoms with Crippen LogP contribution in [0.25, 0.3) is 0 Å². The molecule has 0 N–H and O–H groups in total. The van der Waals surface area contributed by atoms with Crippen LogP contribution in [0.4, 0.5) is 11.4 Å². The Morgan fingerprint density at radius 3 is 2.00 bits per heavy atom. The van der Waals surface area contributed by atoms with E-state index in [0.717, 1.165) is 5.69 Å². The lowest BCUT2D eigenvalue weighted by atomic mass is 10.2. The Kier molecular flexibility index (Phi) is 4.85. The molecule has 0 saturated heterocycles. The van der Waals surface area contributed by atoms with Crippen LogP contribution in [0.2, 0.25) is 0 Å². The molecule has 4 nitrogen and oxygen atoms in total. The third kappa shape index (κ3) is 4.48. The zero-order chi connectivity index (χ0) is 14.4. The van der Waals surface area contributed by atoms with E-state index in [9.17, 15) is 4.79 Å². The lowest BCUT2D eigenvalue weighted by Crippen LogP contribution is -2.03. The van der Waals surface area contributed by atoms with Crippen molar-refractivity contribution in [3.8, 4) is 5.75 Å². The summed E-state index contributed by atoms with van der Waals surface area (Å²) in [6.07, 6.45) is 0. The third-order valence-electron chi connectivity index (χ3n) is 2.50. The summed E-state index contributed by atoms with van der Waals surface area (Å²) < 4.78 is 5.14. The fourth-order valence-corrected chi connectivity index (χ4v) is 1.53. The van der Waals surface area contributed by atoms with E-state index in [4.69, 9.17) is 16.3 Å². The normalized spacial score (nSPS) is 10.7. The second-order valence-corrected chi connectivity index (χ2v) is 4.59. The molecule has 0 spiro atoms. The molecule has 2 aromatic rings. The van der Waals surface area contributed by atoms with Crippen molar-refractivity contribution in [2.75, 3.05) is 6.61 Å². The number of benzene rings is 2. The topological polar surface area (TPSA) is 51.0 Å². The van der Waals surface area contributed by atoms with Crippen molar-refractivity contribution >= 4 is 28.2 Å². The molecular weight excluding hydrogens is 276 g/mol. The first-order valence-electron chi connectivity index (χ1n) is 6.03. The molecule has 2 aromatic carbocycles. The van der Waals surface area contributed by atoms with Crippen molar-refractivity contribution in [3.63, 3.8) is 0 Å². The van der Waals surface area contributed by atoms with Gasteiger partial charge in [0, 0.05) is 0 Å². The number of halogens is 1. The smallest absolute Gasteiger partial charge is 0.259 e. The largest absolute Gasteiger partial charge is 0.484 e. The molecule has 20 heavy (non-hydrogen) atoms. The minimum atomic E-state index is -0.534. The monoisotopic (exact) mass is 288 g/mol. The Morgan fingerprint density at radius 1 is 1.00 bits per heavy atom. The average molecular weight is 289 g/mol. The van der Waals surface area contributed by atoms with Crippen LogP contribution in [0.1, 0.15) is 5.56 Å². The summed E-state index contributed by atoms with van der Waals surface area (Å²) in [5.74, 6) is 0.563. The van der Waals surface area contributed by atoms with Crippen LogP contribution in [-0.2, 0) is 4.79 Å². The second-order valence-electron chi connectivity index (χ2n) is 4.17. The van der Waals surface area contributed by atoms with Crippen LogP contribution in [-0.4, -0.2) is 11.8 Å². The molecule has 102 valence electrons. The zero-order valence-electron chi connectivity index (χ0n) is 10.9. The van der Waals surface area contributed by atoms with Crippen molar-refractivity contribution in [1.82, 2.24) is 0 Å². The maximum absolute atomic E-state index is 10.6. The van der Waals surface area contributed by atoms with Crippen molar-refractivity contribution in [1.29, 1.82) is 0 Å². The Bertz CT molecular complexity index is 607. The molecule has 0 heterocycles. The van der Waals surface area contributed by atoms with Crippen LogP contribution >= 0.6 is 11.6 Å². The minimum Gasteiger partial charge on any atom is -0.484 e. The molecule has 0 saturated carbocycles. The van der Waals surface area contributed by atoms with Crippen LogP contribution in [0.3, 0.4) is 0 Å². The molecule has 0 unspecified atom stereocenters. The number of rotatable bonds is 5. The number of hydrogen-bond acceptors (Lipinski definition) is 4. The van der Waals surface area contributed by atoms with Gasteiger partial charge in [-0.1, -0.05) is 17.7 Å². The first kappa shape index (κ1) is 14.2. The van der Waals surface area contributed by atoms with E-state index < -0.39 is 5.24 Å². The van der Waals surface area contributed by atoms with Gasteiger partial charge in [0.15, 0.2) is 6.61 Å². The second kappa shape index (κ2) is 6.82. The van der Waals surface area contributed by atoms with Crippen molar-refractivity contribution in [2.45, 2.75) is 6.92 Å². The molecule has 0 aliphatic heterocycles. The van der Waals surface area contributed by atoms with Gasteiger partial charge in [-0.2, -0.15) is 10.2 Å². The van der Waals surface area contributed by atoms with Gasteiger partial charge in [-0.15, -0.1) is 0 Å². The maximum Gasteiger partial charge on any atom is 0.259 e. The number of hydrogen-bond donors (Lipinski definition) is 0. The molecule has 0 atom stereocenters. The van der Waals surface area contributed by atoms with E-state index in [1.54, 1.807) is 24.3 Å². The summed E-state index contributed by atoms with van der Waals surface area (Å²) in [4.78, 5) is 10.6. The number of azo groups is 1. The van der Waals surface area contributed by atoms with Gasteiger partial charge < -0.3 is 4.74 Å². The average Bonchev–Trinajstić information content (AvgIpc) is 2.45. The highest BCUT2D eigenvalue weighted by atomic mass is 35.5. The highest BCUT2D eigenvalue weighted by molar-refractivity contribution is 6.63. The molecule has 2 rings (SSSR count). The van der Waals surface area contributed by atoms with Gasteiger partial charge in [-0.25, -0.2) is 0 Å². The molecule has 0 amide bonds. The number of carbonyl (C=O) groups excluding carboxylic acids is 1. The van der Waals surface area contributed by atoms with Crippen LogP contribution in [0.15, 0.2) is 58.8 Å². The van der Waals surface area contributed by atoms with E-state index in [2.05, 4.69) is 10.2 Å². The molecule has 0 radical (unpaired) electrons. The van der Waals surface area contributed by atoms with Gasteiger partial charge in [-0.3, -0.25) is 4.79 Å². The summed E-state index contributed by atoms with van der Waals surface area (Å²) in [6.45, 7) is 1.87. The van der Waals surface area contributed by atoms with Crippen LogP contribution < -0.4 is 4.74 Å². The third-order valence-corrected chi connectivity index (χ3v) is 2.61. The Morgan fingerprint density at radius 2 is 1.50 bits per heavy atom. The van der Waals surface area contributed by atoms with Gasteiger partial charge in [-0.05, 0) is 54.9 Å². The van der Waals surface area contributed by atoms with Crippen molar-refractivity contribution in [3.05, 3.63) is 54.1 Å². The SMILES string of the molecule is Cc1ccc(/N=N/c2ccc(OCC(=O)Cl)cc2)cc1. The maximum atomic E-state index is 10.6. The number of ether oxygens (including phenoxy) is 1. The highest BCUT2D eigenvalue weighted by Gasteiger charge is 1.98. The molecular formula is C15H13ClN2O2. The summed E-state index contributed by atoms with van der Waals surface area (Å²) >= 11 is 5.19. The van der Waals surface area contributed by atoms with Gasteiger partial charge in [0.1, 0.15) is 5.75 Å². The predicted octanol–water partition coefficient (Wildman–Crippen LogP) is 4.55. The summed E-state index contributed by atoms with van der Waals surface area (Å²) in [5.41, 5.74) is 2.68. The van der Waals surface area contributed by atoms with E-state index in [-0.39, 0.29) is 6.61 Å². The van der Waals surface area contributed by atoms with E-state index in [1.165, 1.54) is 5.56 Å². The predicted molar refractivity (Wildman–Crippen MR) is 78.2 cm³/mol. The fourth-order valence-electron chi connectivity index (χ4n) is 1.48. The molecule has 0 fully saturated rings. The van der Waals surface area contributed by atoms with E-state index >= 15 is 0 Å². The van der Waals surface area contributed by atoms with Gasteiger partial charge in [0.05, 0.1) is 11.4 Å². The Hall–Kier alpha value is -2.20. The Labute approximate surface area is 122 Å². The van der Waals surface area contributed by atoms with Crippen molar-refractivity contribution in [2.24, 2.45) is 10.2 Å².